The molecule has 0 aromatic heterocycles. The van der Waals surface area contributed by atoms with E-state index < -0.39 is 23.2 Å². The molecule has 0 heterocycles. The molecule has 8 atom stereocenters. The Labute approximate surface area is 365 Å². The van der Waals surface area contributed by atoms with E-state index in [0.29, 0.717) is 67.3 Å². The summed E-state index contributed by atoms with van der Waals surface area (Å²) in [5.74, 6) is 1.87. The van der Waals surface area contributed by atoms with Crippen LogP contribution in [-0.2, 0) is 17.8 Å². The average molecular weight is 824 g/mol. The molecule has 6 aliphatic rings. The molecule has 324 valence electrons. The lowest BCUT2D eigenvalue weighted by atomic mass is 9.45. The van der Waals surface area contributed by atoms with Gasteiger partial charge in [0, 0.05) is 36.2 Å². The molecule has 0 saturated heterocycles. The van der Waals surface area contributed by atoms with Crippen LogP contribution in [0.2, 0.25) is 0 Å². The van der Waals surface area contributed by atoms with Gasteiger partial charge >= 0.3 is 0 Å². The van der Waals surface area contributed by atoms with Crippen molar-refractivity contribution in [1.29, 1.82) is 0 Å². The van der Waals surface area contributed by atoms with Crippen LogP contribution in [0.4, 0.5) is 0 Å². The Bertz CT molecular complexity index is 2130. The second kappa shape index (κ2) is 18.4. The predicted octanol–water partition coefficient (Wildman–Crippen LogP) is 10.6. The molecular formula is C55H69NO5. The summed E-state index contributed by atoms with van der Waals surface area (Å²) in [6, 6.07) is 34.5. The summed E-state index contributed by atoms with van der Waals surface area (Å²) in [6.45, 7) is 11.7. The standard InChI is InChI=1S/C55H69NO5/c1-38-12-11-28-54(4)50(48-26-18-40(30-46(57)25-17-38)31-49(48)52(59)43-21-19-42(20-22-43)41-15-9-6-10-16-41)27-29-55(54,60)37-56(33-44-23-24-45-32-51(44)53(45,2)3)34-47(58)36-61-35-39-13-7-5-8-14-39/h5-10,12-16,18-22,26,31,44-47,50-51,57-58,60H,11,17,23-25,27-30,32-37H2,1-4H3. The Morgan fingerprint density at radius 1 is 0.869 bits per heavy atom. The first-order valence-corrected chi connectivity index (χ1v) is 23.2. The first kappa shape index (κ1) is 43.7. The number of carbonyl (C=O) groups is 1. The number of ether oxygens (including phenoxy) is 1. The molecule has 6 heteroatoms. The Morgan fingerprint density at radius 3 is 2.31 bits per heavy atom. The van der Waals surface area contributed by atoms with Crippen molar-refractivity contribution < 1.29 is 24.9 Å². The Morgan fingerprint density at radius 2 is 1.59 bits per heavy atom. The summed E-state index contributed by atoms with van der Waals surface area (Å²) in [5.41, 5.74) is 6.46. The SMILES string of the molecule is CC1=CCCC2(C)C(CCC2(O)CN(CC(O)COCc2ccccc2)CC2CCC3CC2C3(C)C)c2ccc(cc2C(=O)c2ccc(-c3ccccc3)cc2)CC(O)CC1. The van der Waals surface area contributed by atoms with Crippen molar-refractivity contribution in [2.24, 2.45) is 28.6 Å². The van der Waals surface area contributed by atoms with Crippen LogP contribution in [-0.4, -0.2) is 70.1 Å². The normalized spacial score (nSPS) is 29.0. The minimum absolute atomic E-state index is 0.0226. The third-order valence-electron chi connectivity index (χ3n) is 16.0. The molecule has 8 unspecified atom stereocenters. The fourth-order valence-electron chi connectivity index (χ4n) is 12.1. The topological polar surface area (TPSA) is 90.2 Å². The zero-order valence-electron chi connectivity index (χ0n) is 37.1. The van der Waals surface area contributed by atoms with Crippen LogP contribution >= 0.6 is 0 Å². The van der Waals surface area contributed by atoms with E-state index >= 15 is 0 Å². The van der Waals surface area contributed by atoms with Gasteiger partial charge in [-0.1, -0.05) is 129 Å². The highest BCUT2D eigenvalue weighted by atomic mass is 16.5. The molecule has 0 spiro atoms. The molecule has 4 saturated carbocycles. The highest BCUT2D eigenvalue weighted by molar-refractivity contribution is 6.10. The van der Waals surface area contributed by atoms with Crippen molar-refractivity contribution in [2.45, 2.75) is 122 Å². The van der Waals surface area contributed by atoms with E-state index in [-0.39, 0.29) is 18.3 Å². The molecule has 4 bridgehead atoms. The van der Waals surface area contributed by atoms with Crippen molar-refractivity contribution >= 4 is 5.78 Å². The number of rotatable bonds is 13. The zero-order chi connectivity index (χ0) is 42.8. The molecule has 0 aliphatic heterocycles. The monoisotopic (exact) mass is 824 g/mol. The highest BCUT2D eigenvalue weighted by Gasteiger charge is 2.58. The molecule has 6 nitrogen and oxygen atoms in total. The maximum absolute atomic E-state index is 14.8. The number of aliphatic hydroxyl groups excluding tert-OH is 2. The highest BCUT2D eigenvalue weighted by Crippen LogP contribution is 2.62. The lowest BCUT2D eigenvalue weighted by Crippen LogP contribution is -2.58. The fraction of sp³-hybridized carbons (Fsp3) is 0.509. The summed E-state index contributed by atoms with van der Waals surface area (Å²) in [6.07, 6.45) is 9.70. The van der Waals surface area contributed by atoms with E-state index in [2.05, 4.69) is 62.9 Å². The molecule has 4 fully saturated rings. The van der Waals surface area contributed by atoms with Crippen LogP contribution in [0.1, 0.15) is 124 Å². The van der Waals surface area contributed by atoms with Crippen LogP contribution in [0.3, 0.4) is 0 Å². The third kappa shape index (κ3) is 9.41. The summed E-state index contributed by atoms with van der Waals surface area (Å²) < 4.78 is 6.07. The van der Waals surface area contributed by atoms with Crippen LogP contribution in [0, 0.1) is 28.6 Å². The number of fused-ring (bicyclic) bond motifs is 10. The number of allylic oxidation sites excluding steroid dienone is 2. The number of nitrogens with zero attached hydrogens (tertiary/aromatic N) is 1. The minimum atomic E-state index is -1.07. The number of hydrogen-bond acceptors (Lipinski definition) is 6. The maximum Gasteiger partial charge on any atom is 0.193 e. The molecular weight excluding hydrogens is 755 g/mol. The zero-order valence-corrected chi connectivity index (χ0v) is 37.1. The molecule has 6 aliphatic carbocycles. The first-order valence-electron chi connectivity index (χ1n) is 23.2. The van der Waals surface area contributed by atoms with Crippen molar-refractivity contribution in [3.63, 3.8) is 0 Å². The number of benzene rings is 4. The van der Waals surface area contributed by atoms with E-state index in [0.717, 1.165) is 66.0 Å². The number of hydrogen-bond donors (Lipinski definition) is 3. The van der Waals surface area contributed by atoms with Crippen LogP contribution in [0.25, 0.3) is 11.1 Å². The molecule has 4 aromatic rings. The van der Waals surface area contributed by atoms with E-state index in [1.54, 1.807) is 0 Å². The Balaban J connectivity index is 1.11. The van der Waals surface area contributed by atoms with Gasteiger partial charge in [-0.25, -0.2) is 0 Å². The van der Waals surface area contributed by atoms with E-state index in [1.165, 1.54) is 24.8 Å². The number of ketones is 1. The van der Waals surface area contributed by atoms with Gasteiger partial charge in [0.1, 0.15) is 0 Å². The van der Waals surface area contributed by atoms with Gasteiger partial charge in [0.2, 0.25) is 0 Å². The van der Waals surface area contributed by atoms with Crippen LogP contribution in [0.5, 0.6) is 0 Å². The number of carbonyl (C=O) groups excluding carboxylic acids is 1. The lowest BCUT2D eigenvalue weighted by molar-refractivity contribution is -0.127. The average Bonchev–Trinajstić information content (AvgIpc) is 3.51. The summed E-state index contributed by atoms with van der Waals surface area (Å²) in [4.78, 5) is 17.2. The molecule has 0 radical (unpaired) electrons. The number of aliphatic hydroxyl groups is 3. The van der Waals surface area contributed by atoms with Gasteiger partial charge in [-0.15, -0.1) is 0 Å². The van der Waals surface area contributed by atoms with Crippen LogP contribution in [0.15, 0.2) is 115 Å². The molecule has 10 rings (SSSR count). The van der Waals surface area contributed by atoms with E-state index in [1.807, 2.05) is 78.9 Å². The van der Waals surface area contributed by atoms with E-state index in [9.17, 15) is 20.1 Å². The summed E-state index contributed by atoms with van der Waals surface area (Å²) in [7, 11) is 0. The molecule has 3 N–H and O–H groups in total. The fourth-order valence-corrected chi connectivity index (χ4v) is 12.1. The van der Waals surface area contributed by atoms with Gasteiger partial charge in [0.25, 0.3) is 0 Å². The van der Waals surface area contributed by atoms with Crippen molar-refractivity contribution in [2.75, 3.05) is 26.2 Å². The minimum Gasteiger partial charge on any atom is -0.393 e. The van der Waals surface area contributed by atoms with Crippen molar-refractivity contribution in [3.8, 4) is 11.1 Å². The lowest BCUT2D eigenvalue weighted by Gasteiger charge is -2.61. The van der Waals surface area contributed by atoms with Gasteiger partial charge in [-0.05, 0) is 134 Å². The van der Waals surface area contributed by atoms with Crippen molar-refractivity contribution in [1.82, 2.24) is 4.90 Å². The van der Waals surface area contributed by atoms with Gasteiger partial charge in [0.15, 0.2) is 5.78 Å². The van der Waals surface area contributed by atoms with Crippen molar-refractivity contribution in [3.05, 3.63) is 143 Å². The molecule has 4 aromatic carbocycles. The molecule has 61 heavy (non-hydrogen) atoms. The predicted molar refractivity (Wildman–Crippen MR) is 245 cm³/mol. The van der Waals surface area contributed by atoms with Gasteiger partial charge in [-0.2, -0.15) is 0 Å². The van der Waals surface area contributed by atoms with Gasteiger partial charge in [-0.3, -0.25) is 9.69 Å². The van der Waals surface area contributed by atoms with E-state index in [4.69, 9.17) is 4.74 Å². The first-order chi connectivity index (χ1) is 29.3. The quantitative estimate of drug-likeness (QED) is 0.0919. The Kier molecular flexibility index (Phi) is 13.2. The summed E-state index contributed by atoms with van der Waals surface area (Å²) >= 11 is 0. The smallest absolute Gasteiger partial charge is 0.193 e. The molecule has 0 amide bonds. The maximum atomic E-state index is 14.8. The second-order valence-electron chi connectivity index (χ2n) is 20.3. The van der Waals surface area contributed by atoms with Gasteiger partial charge in [0.05, 0.1) is 31.0 Å². The van der Waals surface area contributed by atoms with Gasteiger partial charge < -0.3 is 20.1 Å². The second-order valence-corrected chi connectivity index (χ2v) is 20.3. The Hall–Kier alpha value is -3.91. The summed E-state index contributed by atoms with van der Waals surface area (Å²) in [5, 5.41) is 36.2. The van der Waals surface area contributed by atoms with Crippen LogP contribution < -0.4 is 0 Å². The largest absolute Gasteiger partial charge is 0.393 e. The third-order valence-corrected chi connectivity index (χ3v) is 16.0.